The van der Waals surface area contributed by atoms with Crippen LogP contribution in [-0.4, -0.2) is 50.6 Å². The maximum absolute atomic E-state index is 5.75. The summed E-state index contributed by atoms with van der Waals surface area (Å²) in [6, 6.07) is 2.18. The third-order valence-corrected chi connectivity index (χ3v) is 3.92. The van der Waals surface area contributed by atoms with Crippen LogP contribution in [0, 0.1) is 12.8 Å². The lowest BCUT2D eigenvalue weighted by Gasteiger charge is -2.20. The predicted molar refractivity (Wildman–Crippen MR) is 78.1 cm³/mol. The van der Waals surface area contributed by atoms with Crippen LogP contribution in [-0.2, 0) is 13.1 Å². The van der Waals surface area contributed by atoms with Crippen LogP contribution in [0.1, 0.15) is 23.5 Å². The molecule has 1 N–H and O–H groups in total. The van der Waals surface area contributed by atoms with E-state index in [1.165, 1.54) is 31.6 Å². The lowest BCUT2D eigenvalue weighted by atomic mass is 10.1. The molecule has 1 saturated heterocycles. The first-order valence-electron chi connectivity index (χ1n) is 7.18. The largest absolute Gasteiger partial charge is 0.465 e. The van der Waals surface area contributed by atoms with Gasteiger partial charge in [-0.05, 0) is 53.0 Å². The van der Waals surface area contributed by atoms with Gasteiger partial charge in [0.15, 0.2) is 0 Å². The number of rotatable bonds is 6. The highest BCUT2D eigenvalue weighted by atomic mass is 16.3. The van der Waals surface area contributed by atoms with Gasteiger partial charge in [-0.3, -0.25) is 0 Å². The van der Waals surface area contributed by atoms with Gasteiger partial charge in [-0.25, -0.2) is 0 Å². The van der Waals surface area contributed by atoms with Crippen molar-refractivity contribution in [1.29, 1.82) is 0 Å². The number of nitrogens with one attached hydrogen (secondary N) is 1. The molecule has 0 aliphatic carbocycles. The Kier molecular flexibility index (Phi) is 5.02. The summed E-state index contributed by atoms with van der Waals surface area (Å²) in [5, 5.41) is 3.13. The summed E-state index contributed by atoms with van der Waals surface area (Å²) in [6.07, 6.45) is 1.33. The molecule has 19 heavy (non-hydrogen) atoms. The SMILES string of the molecule is CNCc1cc(CN(C)CC2CCN(C)C2)c(C)o1. The van der Waals surface area contributed by atoms with Crippen LogP contribution in [0.4, 0.5) is 0 Å². The Morgan fingerprint density at radius 1 is 1.53 bits per heavy atom. The lowest BCUT2D eigenvalue weighted by molar-refractivity contribution is 0.266. The molecule has 4 heteroatoms. The molecule has 1 aliphatic rings. The van der Waals surface area contributed by atoms with Crippen LogP contribution < -0.4 is 5.32 Å². The summed E-state index contributed by atoms with van der Waals surface area (Å²) in [5.41, 5.74) is 1.32. The summed E-state index contributed by atoms with van der Waals surface area (Å²) in [5.74, 6) is 2.91. The molecule has 0 radical (unpaired) electrons. The van der Waals surface area contributed by atoms with E-state index in [1.54, 1.807) is 0 Å². The Morgan fingerprint density at radius 2 is 2.32 bits per heavy atom. The van der Waals surface area contributed by atoms with Crippen LogP contribution >= 0.6 is 0 Å². The Balaban J connectivity index is 1.85. The van der Waals surface area contributed by atoms with Crippen LogP contribution in [0.25, 0.3) is 0 Å². The fourth-order valence-electron chi connectivity index (χ4n) is 2.98. The van der Waals surface area contributed by atoms with Gasteiger partial charge in [0, 0.05) is 25.2 Å². The van der Waals surface area contributed by atoms with Crippen LogP contribution in [0.2, 0.25) is 0 Å². The van der Waals surface area contributed by atoms with Crippen molar-refractivity contribution in [3.63, 3.8) is 0 Å². The third-order valence-electron chi connectivity index (χ3n) is 3.92. The maximum atomic E-state index is 5.75. The van der Waals surface area contributed by atoms with Crippen LogP contribution in [0.3, 0.4) is 0 Å². The van der Waals surface area contributed by atoms with Crippen molar-refractivity contribution >= 4 is 0 Å². The molecule has 0 amide bonds. The molecule has 1 fully saturated rings. The Bertz CT molecular complexity index is 402. The summed E-state index contributed by atoms with van der Waals surface area (Å²) < 4.78 is 5.75. The molecule has 2 rings (SSSR count). The summed E-state index contributed by atoms with van der Waals surface area (Å²) >= 11 is 0. The van der Waals surface area contributed by atoms with Crippen molar-refractivity contribution in [2.24, 2.45) is 5.92 Å². The van der Waals surface area contributed by atoms with Crippen molar-refractivity contribution in [2.75, 3.05) is 40.8 Å². The number of hydrogen-bond donors (Lipinski definition) is 1. The zero-order chi connectivity index (χ0) is 13.8. The van der Waals surface area contributed by atoms with E-state index in [0.717, 1.165) is 30.5 Å². The van der Waals surface area contributed by atoms with Gasteiger partial charge >= 0.3 is 0 Å². The molecule has 4 nitrogen and oxygen atoms in total. The van der Waals surface area contributed by atoms with Crippen molar-refractivity contribution in [2.45, 2.75) is 26.4 Å². The minimum atomic E-state index is 0.804. The topological polar surface area (TPSA) is 31.6 Å². The highest BCUT2D eigenvalue weighted by molar-refractivity contribution is 5.20. The molecular formula is C15H27N3O. The standard InChI is InChI=1S/C15H27N3O/c1-12-14(7-15(19-12)8-16-2)11-18(4)10-13-5-6-17(3)9-13/h7,13,16H,5-6,8-11H2,1-4H3. The second kappa shape index (κ2) is 6.55. The molecule has 0 aromatic carbocycles. The minimum absolute atomic E-state index is 0.804. The molecule has 1 unspecified atom stereocenters. The van der Waals surface area contributed by atoms with E-state index in [2.05, 4.69) is 42.2 Å². The monoisotopic (exact) mass is 265 g/mol. The average Bonchev–Trinajstić information content (AvgIpc) is 2.87. The molecule has 0 saturated carbocycles. The lowest BCUT2D eigenvalue weighted by Crippen LogP contribution is -2.27. The van der Waals surface area contributed by atoms with Gasteiger partial charge < -0.3 is 19.5 Å². The fourth-order valence-corrected chi connectivity index (χ4v) is 2.98. The molecule has 2 heterocycles. The molecule has 108 valence electrons. The van der Waals surface area contributed by atoms with E-state index in [4.69, 9.17) is 4.42 Å². The average molecular weight is 265 g/mol. The van der Waals surface area contributed by atoms with Gasteiger partial charge in [0.25, 0.3) is 0 Å². The highest BCUT2D eigenvalue weighted by Gasteiger charge is 2.21. The van der Waals surface area contributed by atoms with Crippen molar-refractivity contribution in [3.8, 4) is 0 Å². The van der Waals surface area contributed by atoms with Gasteiger partial charge in [-0.2, -0.15) is 0 Å². The molecular weight excluding hydrogens is 238 g/mol. The first kappa shape index (κ1) is 14.6. The van der Waals surface area contributed by atoms with E-state index >= 15 is 0 Å². The van der Waals surface area contributed by atoms with E-state index in [0.29, 0.717) is 0 Å². The first-order valence-corrected chi connectivity index (χ1v) is 7.18. The Labute approximate surface area is 116 Å². The second-order valence-corrected chi connectivity index (χ2v) is 5.94. The zero-order valence-electron chi connectivity index (χ0n) is 12.7. The third kappa shape index (κ3) is 4.06. The molecule has 1 aromatic heterocycles. The van der Waals surface area contributed by atoms with Gasteiger partial charge in [0.05, 0.1) is 6.54 Å². The number of nitrogens with zero attached hydrogens (tertiary/aromatic N) is 2. The number of furan rings is 1. The highest BCUT2D eigenvalue weighted by Crippen LogP contribution is 2.19. The Hall–Kier alpha value is -0.840. The number of likely N-dealkylation sites (tertiary alicyclic amines) is 1. The summed E-state index contributed by atoms with van der Waals surface area (Å²) in [6.45, 7) is 7.51. The number of hydrogen-bond acceptors (Lipinski definition) is 4. The van der Waals surface area contributed by atoms with E-state index in [9.17, 15) is 0 Å². The second-order valence-electron chi connectivity index (χ2n) is 5.94. The van der Waals surface area contributed by atoms with Crippen molar-refractivity contribution in [3.05, 3.63) is 23.2 Å². The molecule has 0 spiro atoms. The van der Waals surface area contributed by atoms with Crippen LogP contribution in [0.5, 0.6) is 0 Å². The van der Waals surface area contributed by atoms with E-state index in [-0.39, 0.29) is 0 Å². The molecule has 0 bridgehead atoms. The van der Waals surface area contributed by atoms with Gasteiger partial charge in [-0.1, -0.05) is 0 Å². The Morgan fingerprint density at radius 3 is 2.95 bits per heavy atom. The zero-order valence-corrected chi connectivity index (χ0v) is 12.7. The van der Waals surface area contributed by atoms with Crippen LogP contribution in [0.15, 0.2) is 10.5 Å². The summed E-state index contributed by atoms with van der Waals surface area (Å²) in [7, 11) is 6.37. The molecule has 1 atom stereocenters. The van der Waals surface area contributed by atoms with Gasteiger partial charge in [0.2, 0.25) is 0 Å². The van der Waals surface area contributed by atoms with Crippen molar-refractivity contribution < 1.29 is 4.42 Å². The fraction of sp³-hybridized carbons (Fsp3) is 0.733. The smallest absolute Gasteiger partial charge is 0.118 e. The van der Waals surface area contributed by atoms with Gasteiger partial charge in [-0.15, -0.1) is 0 Å². The quantitative estimate of drug-likeness (QED) is 0.848. The first-order chi connectivity index (χ1) is 9.08. The summed E-state index contributed by atoms with van der Waals surface area (Å²) in [4.78, 5) is 4.84. The number of aryl methyl sites for hydroxylation is 1. The molecule has 1 aromatic rings. The van der Waals surface area contributed by atoms with E-state index < -0.39 is 0 Å². The normalized spacial score (nSPS) is 20.6. The van der Waals surface area contributed by atoms with E-state index in [1.807, 2.05) is 7.05 Å². The predicted octanol–water partition coefficient (Wildman–Crippen LogP) is 1.69. The molecule has 1 aliphatic heterocycles. The van der Waals surface area contributed by atoms with Gasteiger partial charge in [0.1, 0.15) is 11.5 Å². The van der Waals surface area contributed by atoms with Crippen molar-refractivity contribution in [1.82, 2.24) is 15.1 Å². The maximum Gasteiger partial charge on any atom is 0.118 e. The minimum Gasteiger partial charge on any atom is -0.465 e.